The van der Waals surface area contributed by atoms with Gasteiger partial charge in [-0.15, -0.1) is 11.3 Å². The summed E-state index contributed by atoms with van der Waals surface area (Å²) in [7, 11) is 0. The molecule has 2 amide bonds. The molecule has 0 spiro atoms. The first-order chi connectivity index (χ1) is 13.6. The number of nitriles is 1. The summed E-state index contributed by atoms with van der Waals surface area (Å²) >= 11 is 1.45. The fourth-order valence-electron chi connectivity index (χ4n) is 3.39. The van der Waals surface area contributed by atoms with Crippen molar-refractivity contribution in [3.63, 3.8) is 0 Å². The predicted molar refractivity (Wildman–Crippen MR) is 110 cm³/mol. The molecule has 1 aromatic heterocycles. The summed E-state index contributed by atoms with van der Waals surface area (Å²) in [6, 6.07) is 15.0. The molecule has 0 unspecified atom stereocenters. The lowest BCUT2D eigenvalue weighted by Gasteiger charge is -2.38. The van der Waals surface area contributed by atoms with Crippen molar-refractivity contribution in [1.82, 2.24) is 9.80 Å². The maximum absolute atomic E-state index is 13.1. The van der Waals surface area contributed by atoms with Gasteiger partial charge in [0.2, 0.25) is 5.91 Å². The maximum Gasteiger partial charge on any atom is 0.264 e. The summed E-state index contributed by atoms with van der Waals surface area (Å²) in [4.78, 5) is 32.1. The zero-order valence-corrected chi connectivity index (χ0v) is 16.8. The number of carbonyl (C=O) groups is 2. The number of piperazine rings is 1. The predicted octanol–water partition coefficient (Wildman–Crippen LogP) is 2.84. The fraction of sp³-hybridized carbons (Fsp3) is 0.381. The Bertz CT molecular complexity index is 824. The lowest BCUT2D eigenvalue weighted by Crippen LogP contribution is -2.55. The molecule has 3 rings (SSSR count). The minimum atomic E-state index is -0.308. The van der Waals surface area contributed by atoms with Gasteiger partial charge in [0, 0.05) is 38.4 Å². The highest BCUT2D eigenvalue weighted by atomic mass is 32.1. The Labute approximate surface area is 169 Å². The quantitative estimate of drug-likeness (QED) is 0.753. The Morgan fingerprint density at radius 1 is 1.14 bits per heavy atom. The minimum Gasteiger partial charge on any atom is -0.335 e. The third-order valence-electron chi connectivity index (χ3n) is 5.02. The number of hydrogen-bond donors (Lipinski definition) is 0. The van der Waals surface area contributed by atoms with Crippen LogP contribution in [0.3, 0.4) is 0 Å². The molecule has 0 bridgehead atoms. The third kappa shape index (κ3) is 4.58. The van der Waals surface area contributed by atoms with Gasteiger partial charge in [0.25, 0.3) is 5.91 Å². The molecular weight excluding hydrogens is 372 g/mol. The van der Waals surface area contributed by atoms with Crippen LogP contribution in [0, 0.1) is 11.3 Å². The number of thiophene rings is 1. The Kier molecular flexibility index (Phi) is 6.80. The molecule has 1 saturated heterocycles. The smallest absolute Gasteiger partial charge is 0.264 e. The summed E-state index contributed by atoms with van der Waals surface area (Å²) in [5, 5.41) is 10.9. The zero-order valence-electron chi connectivity index (χ0n) is 16.0. The molecule has 1 fully saturated rings. The number of hydrogen-bond acceptors (Lipinski definition) is 5. The number of para-hydroxylation sites is 1. The van der Waals surface area contributed by atoms with Gasteiger partial charge >= 0.3 is 0 Å². The van der Waals surface area contributed by atoms with Crippen molar-refractivity contribution in [2.24, 2.45) is 0 Å². The summed E-state index contributed by atoms with van der Waals surface area (Å²) in [5.41, 5.74) is 0.807. The van der Waals surface area contributed by atoms with Crippen LogP contribution in [0.2, 0.25) is 0 Å². The molecule has 2 aromatic rings. The average Bonchev–Trinajstić information content (AvgIpc) is 3.28. The molecule has 0 N–H and O–H groups in total. The number of carbonyl (C=O) groups excluding carboxylic acids is 2. The second-order valence-electron chi connectivity index (χ2n) is 6.71. The highest BCUT2D eigenvalue weighted by molar-refractivity contribution is 7.12. The molecule has 0 aliphatic carbocycles. The van der Waals surface area contributed by atoms with Crippen LogP contribution in [-0.2, 0) is 4.79 Å². The van der Waals surface area contributed by atoms with Crippen molar-refractivity contribution in [1.29, 1.82) is 5.26 Å². The molecule has 0 saturated carbocycles. The van der Waals surface area contributed by atoms with Gasteiger partial charge in [0.15, 0.2) is 0 Å². The highest BCUT2D eigenvalue weighted by Crippen LogP contribution is 2.19. The van der Waals surface area contributed by atoms with Crippen LogP contribution in [0.25, 0.3) is 0 Å². The van der Waals surface area contributed by atoms with E-state index in [1.54, 1.807) is 4.90 Å². The van der Waals surface area contributed by atoms with E-state index in [9.17, 15) is 9.59 Å². The largest absolute Gasteiger partial charge is 0.335 e. The van der Waals surface area contributed by atoms with Gasteiger partial charge in [-0.25, -0.2) is 0 Å². The van der Waals surface area contributed by atoms with Crippen molar-refractivity contribution in [3.05, 3.63) is 52.7 Å². The Morgan fingerprint density at radius 2 is 1.86 bits per heavy atom. The van der Waals surface area contributed by atoms with Gasteiger partial charge in [0.1, 0.15) is 0 Å². The van der Waals surface area contributed by atoms with Crippen LogP contribution in [0.5, 0.6) is 0 Å². The summed E-state index contributed by atoms with van der Waals surface area (Å²) < 4.78 is 0. The first kappa shape index (κ1) is 20.1. The monoisotopic (exact) mass is 396 g/mol. The van der Waals surface area contributed by atoms with E-state index in [1.165, 1.54) is 11.3 Å². The number of benzene rings is 1. The van der Waals surface area contributed by atoms with Crippen molar-refractivity contribution in [2.75, 3.05) is 37.6 Å². The van der Waals surface area contributed by atoms with Crippen LogP contribution < -0.4 is 4.90 Å². The number of amides is 2. The van der Waals surface area contributed by atoms with Crippen LogP contribution in [0.1, 0.15) is 23.0 Å². The Balaban J connectivity index is 1.62. The van der Waals surface area contributed by atoms with E-state index in [1.807, 2.05) is 59.7 Å². The summed E-state index contributed by atoms with van der Waals surface area (Å²) in [5.74, 6) is 0.0491. The Morgan fingerprint density at radius 3 is 2.46 bits per heavy atom. The molecule has 1 atom stereocenters. The molecule has 146 valence electrons. The number of nitrogens with zero attached hydrogens (tertiary/aromatic N) is 4. The first-order valence-electron chi connectivity index (χ1n) is 9.42. The lowest BCUT2D eigenvalue weighted by molar-refractivity contribution is -0.123. The molecule has 2 heterocycles. The van der Waals surface area contributed by atoms with E-state index < -0.39 is 0 Å². The van der Waals surface area contributed by atoms with Crippen molar-refractivity contribution < 1.29 is 9.59 Å². The molecular formula is C21H24N4O2S. The number of anilines is 1. The van der Waals surface area contributed by atoms with E-state index in [2.05, 4.69) is 11.0 Å². The van der Waals surface area contributed by atoms with Gasteiger partial charge in [-0.05, 0) is 30.5 Å². The molecule has 1 aromatic carbocycles. The van der Waals surface area contributed by atoms with E-state index in [-0.39, 0.29) is 24.3 Å². The van der Waals surface area contributed by atoms with Gasteiger partial charge in [-0.3, -0.25) is 14.5 Å². The van der Waals surface area contributed by atoms with Gasteiger partial charge < -0.3 is 9.80 Å². The van der Waals surface area contributed by atoms with Crippen molar-refractivity contribution >= 4 is 28.8 Å². The highest BCUT2D eigenvalue weighted by Gasteiger charge is 2.30. The molecule has 7 heteroatoms. The first-order valence-corrected chi connectivity index (χ1v) is 10.3. The van der Waals surface area contributed by atoms with Crippen LogP contribution in [0.15, 0.2) is 47.8 Å². The van der Waals surface area contributed by atoms with E-state index in [0.717, 1.165) is 10.6 Å². The lowest BCUT2D eigenvalue weighted by atomic mass is 10.1. The van der Waals surface area contributed by atoms with Gasteiger partial charge in [0.05, 0.1) is 23.4 Å². The Hall–Kier alpha value is -2.69. The SMILES string of the molecule is C[C@@H](C(=O)N(CCC#N)c1ccccc1)N1CCN(C(=O)c2cccs2)CC1. The second kappa shape index (κ2) is 9.49. The van der Waals surface area contributed by atoms with Crippen LogP contribution >= 0.6 is 11.3 Å². The second-order valence-corrected chi connectivity index (χ2v) is 7.66. The van der Waals surface area contributed by atoms with Crippen LogP contribution in [0.4, 0.5) is 5.69 Å². The minimum absolute atomic E-state index is 0.0144. The van der Waals surface area contributed by atoms with Gasteiger partial charge in [-0.1, -0.05) is 24.3 Å². The van der Waals surface area contributed by atoms with E-state index in [4.69, 9.17) is 5.26 Å². The standard InChI is InChI=1S/C21H24N4O2S/c1-17(20(26)25(11-6-10-22)18-7-3-2-4-8-18)23-12-14-24(15-13-23)21(27)19-9-5-16-28-19/h2-5,7-9,16-17H,6,11-15H2,1H3/t17-/m0/s1. The maximum atomic E-state index is 13.1. The van der Waals surface area contributed by atoms with Crippen molar-refractivity contribution in [2.45, 2.75) is 19.4 Å². The fourth-order valence-corrected chi connectivity index (χ4v) is 4.08. The zero-order chi connectivity index (χ0) is 19.9. The normalized spacial score (nSPS) is 15.6. The van der Waals surface area contributed by atoms with Gasteiger partial charge in [-0.2, -0.15) is 5.26 Å². The molecule has 28 heavy (non-hydrogen) atoms. The van der Waals surface area contributed by atoms with E-state index >= 15 is 0 Å². The summed E-state index contributed by atoms with van der Waals surface area (Å²) in [6.45, 7) is 4.81. The average molecular weight is 397 g/mol. The molecule has 0 radical (unpaired) electrons. The third-order valence-corrected chi connectivity index (χ3v) is 5.88. The molecule has 1 aliphatic heterocycles. The van der Waals surface area contributed by atoms with Crippen molar-refractivity contribution in [3.8, 4) is 6.07 Å². The molecule has 6 nitrogen and oxygen atoms in total. The molecule has 1 aliphatic rings. The summed E-state index contributed by atoms with van der Waals surface area (Å²) in [6.07, 6.45) is 0.288. The van der Waals surface area contributed by atoms with Crippen LogP contribution in [-0.4, -0.2) is 60.4 Å². The topological polar surface area (TPSA) is 67.7 Å². The van der Waals surface area contributed by atoms with E-state index in [0.29, 0.717) is 32.7 Å². The number of rotatable bonds is 6.